The number of rotatable bonds is 2. The Morgan fingerprint density at radius 2 is 1.81 bits per heavy atom. The summed E-state index contributed by atoms with van der Waals surface area (Å²) in [6.45, 7) is 6.57. The number of benzene rings is 1. The Labute approximate surface area is 154 Å². The molecule has 2 heterocycles. The number of Topliss-reactive ketones (excluding diaryl/α,β-unsaturated/α-hetero) is 1. The standard InChI is InChI=1S/C22H25N3O/c1-21(2)11-15-17(16(26)12-21)22(3,14-7-5-4-6-8-14)18-19(13-9-10-13)24-25-20(18)23-15/h4-8,13,17H,9-12H2,1-3H3,(H,24,25). The zero-order chi connectivity index (χ0) is 18.1. The Morgan fingerprint density at radius 1 is 1.08 bits per heavy atom. The predicted molar refractivity (Wildman–Crippen MR) is 102 cm³/mol. The first-order chi connectivity index (χ1) is 12.4. The molecule has 1 aromatic carbocycles. The minimum absolute atomic E-state index is 0.0306. The number of nitrogens with one attached hydrogen (secondary N) is 1. The fourth-order valence-corrected chi connectivity index (χ4v) is 5.16. The fourth-order valence-electron chi connectivity index (χ4n) is 5.16. The van der Waals surface area contributed by atoms with Gasteiger partial charge in [0.2, 0.25) is 0 Å². The maximum atomic E-state index is 13.4. The van der Waals surface area contributed by atoms with E-state index in [1.165, 1.54) is 24.1 Å². The van der Waals surface area contributed by atoms with E-state index in [1.54, 1.807) is 0 Å². The first kappa shape index (κ1) is 16.0. The Morgan fingerprint density at radius 3 is 2.50 bits per heavy atom. The second-order valence-corrected chi connectivity index (χ2v) is 9.20. The first-order valence-corrected chi connectivity index (χ1v) is 9.64. The lowest BCUT2D eigenvalue weighted by Gasteiger charge is -2.46. The molecule has 1 N–H and O–H groups in total. The average Bonchev–Trinajstić information content (AvgIpc) is 3.34. The van der Waals surface area contributed by atoms with Gasteiger partial charge in [-0.1, -0.05) is 51.1 Å². The maximum Gasteiger partial charge on any atom is 0.177 e. The van der Waals surface area contributed by atoms with Crippen molar-refractivity contribution in [2.45, 2.75) is 57.8 Å². The van der Waals surface area contributed by atoms with Gasteiger partial charge >= 0.3 is 0 Å². The molecule has 2 unspecified atom stereocenters. The molecule has 4 heteroatoms. The molecule has 2 aromatic rings. The topological polar surface area (TPSA) is 58.1 Å². The highest BCUT2D eigenvalue weighted by Gasteiger charge is 2.54. The van der Waals surface area contributed by atoms with Crippen molar-refractivity contribution in [3.05, 3.63) is 47.2 Å². The van der Waals surface area contributed by atoms with Gasteiger partial charge in [0.25, 0.3) is 0 Å². The molecule has 0 bridgehead atoms. The maximum absolute atomic E-state index is 13.4. The molecule has 1 aliphatic heterocycles. The smallest absolute Gasteiger partial charge is 0.177 e. The van der Waals surface area contributed by atoms with Crippen molar-refractivity contribution in [2.24, 2.45) is 16.3 Å². The molecular weight excluding hydrogens is 322 g/mol. The monoisotopic (exact) mass is 347 g/mol. The van der Waals surface area contributed by atoms with Crippen LogP contribution in [0.4, 0.5) is 5.82 Å². The molecule has 0 amide bonds. The largest absolute Gasteiger partial charge is 0.299 e. The Hall–Kier alpha value is -2.23. The SMILES string of the molecule is CC1(C)CC(=O)C2C(=Nc3n[nH]c(C4CC4)c3C2(C)c2ccccc2)C1. The second-order valence-electron chi connectivity index (χ2n) is 9.20. The Balaban J connectivity index is 1.78. The van der Waals surface area contributed by atoms with Crippen molar-refractivity contribution >= 4 is 17.3 Å². The molecule has 3 aliphatic rings. The van der Waals surface area contributed by atoms with Crippen LogP contribution in [0.25, 0.3) is 0 Å². The average molecular weight is 347 g/mol. The molecule has 1 aromatic heterocycles. The zero-order valence-electron chi connectivity index (χ0n) is 15.7. The number of carbonyl (C=O) groups excluding carboxylic acids is 1. The number of carbonyl (C=O) groups is 1. The van der Waals surface area contributed by atoms with Crippen molar-refractivity contribution in [1.82, 2.24) is 10.2 Å². The zero-order valence-corrected chi connectivity index (χ0v) is 15.7. The number of nitrogens with zero attached hydrogens (tertiary/aromatic N) is 2. The molecule has 2 fully saturated rings. The lowest BCUT2D eigenvalue weighted by atomic mass is 9.56. The summed E-state index contributed by atoms with van der Waals surface area (Å²) >= 11 is 0. The van der Waals surface area contributed by atoms with Crippen LogP contribution in [0.15, 0.2) is 35.3 Å². The van der Waals surface area contributed by atoms with Gasteiger partial charge in [0.05, 0.1) is 5.92 Å². The van der Waals surface area contributed by atoms with E-state index < -0.39 is 5.41 Å². The van der Waals surface area contributed by atoms with Crippen LogP contribution >= 0.6 is 0 Å². The summed E-state index contributed by atoms with van der Waals surface area (Å²) in [5.74, 6) is 1.48. The highest BCUT2D eigenvalue weighted by atomic mass is 16.1. The molecule has 26 heavy (non-hydrogen) atoms. The van der Waals surface area contributed by atoms with E-state index in [9.17, 15) is 4.79 Å². The summed E-state index contributed by atoms with van der Waals surface area (Å²) < 4.78 is 0. The number of H-pyrrole nitrogens is 1. The number of aromatic amines is 1. The number of aliphatic imine (C=N–C) groups is 1. The van der Waals surface area contributed by atoms with Gasteiger partial charge in [0, 0.05) is 34.7 Å². The summed E-state index contributed by atoms with van der Waals surface area (Å²) in [7, 11) is 0. The molecule has 0 spiro atoms. The second kappa shape index (κ2) is 5.15. The van der Waals surface area contributed by atoms with Crippen LogP contribution in [0.3, 0.4) is 0 Å². The Kier molecular flexibility index (Phi) is 3.17. The van der Waals surface area contributed by atoms with Gasteiger partial charge in [0.15, 0.2) is 5.82 Å². The van der Waals surface area contributed by atoms with Crippen molar-refractivity contribution in [3.63, 3.8) is 0 Å². The van der Waals surface area contributed by atoms with Crippen LogP contribution in [0.2, 0.25) is 0 Å². The van der Waals surface area contributed by atoms with Crippen molar-refractivity contribution in [3.8, 4) is 0 Å². The number of hydrogen-bond donors (Lipinski definition) is 1. The lowest BCUT2D eigenvalue weighted by molar-refractivity contribution is -0.125. The van der Waals surface area contributed by atoms with E-state index in [1.807, 2.05) is 6.07 Å². The van der Waals surface area contributed by atoms with E-state index in [0.717, 1.165) is 23.5 Å². The third-order valence-corrected chi connectivity index (χ3v) is 6.45. The van der Waals surface area contributed by atoms with Gasteiger partial charge in [-0.3, -0.25) is 9.89 Å². The van der Waals surface area contributed by atoms with E-state index in [4.69, 9.17) is 4.99 Å². The van der Waals surface area contributed by atoms with E-state index in [0.29, 0.717) is 18.1 Å². The van der Waals surface area contributed by atoms with Gasteiger partial charge in [0.1, 0.15) is 5.78 Å². The summed E-state index contributed by atoms with van der Waals surface area (Å²) in [4.78, 5) is 18.3. The molecule has 2 atom stereocenters. The van der Waals surface area contributed by atoms with Crippen molar-refractivity contribution < 1.29 is 4.79 Å². The van der Waals surface area contributed by atoms with Gasteiger partial charge in [-0.25, -0.2) is 4.99 Å². The van der Waals surface area contributed by atoms with Crippen LogP contribution in [0, 0.1) is 11.3 Å². The third-order valence-electron chi connectivity index (χ3n) is 6.45. The highest BCUT2D eigenvalue weighted by Crippen LogP contribution is 2.55. The van der Waals surface area contributed by atoms with Gasteiger partial charge in [-0.2, -0.15) is 5.10 Å². The molecule has 4 nitrogen and oxygen atoms in total. The molecular formula is C22H25N3O. The molecule has 2 saturated carbocycles. The predicted octanol–water partition coefficient (Wildman–Crippen LogP) is 4.68. The van der Waals surface area contributed by atoms with Crippen LogP contribution in [-0.2, 0) is 10.2 Å². The van der Waals surface area contributed by atoms with E-state index >= 15 is 0 Å². The lowest BCUT2D eigenvalue weighted by Crippen LogP contribution is -2.50. The van der Waals surface area contributed by atoms with Gasteiger partial charge in [-0.05, 0) is 30.2 Å². The van der Waals surface area contributed by atoms with Gasteiger partial charge in [-0.15, -0.1) is 0 Å². The van der Waals surface area contributed by atoms with Gasteiger partial charge < -0.3 is 0 Å². The van der Waals surface area contributed by atoms with E-state index in [-0.39, 0.29) is 11.3 Å². The van der Waals surface area contributed by atoms with Crippen LogP contribution in [0.5, 0.6) is 0 Å². The third kappa shape index (κ3) is 2.17. The summed E-state index contributed by atoms with van der Waals surface area (Å²) in [5.41, 5.74) is 4.14. The van der Waals surface area contributed by atoms with E-state index in [2.05, 4.69) is 55.2 Å². The summed E-state index contributed by atoms with van der Waals surface area (Å²) in [5, 5.41) is 7.86. The minimum atomic E-state index is -0.397. The number of hydrogen-bond acceptors (Lipinski definition) is 3. The number of ketones is 1. The van der Waals surface area contributed by atoms with Crippen LogP contribution < -0.4 is 0 Å². The summed E-state index contributed by atoms with van der Waals surface area (Å²) in [6.07, 6.45) is 3.87. The highest BCUT2D eigenvalue weighted by molar-refractivity contribution is 6.11. The molecule has 0 radical (unpaired) electrons. The summed E-state index contributed by atoms with van der Waals surface area (Å²) in [6, 6.07) is 10.5. The minimum Gasteiger partial charge on any atom is -0.299 e. The molecule has 2 aliphatic carbocycles. The molecule has 0 saturated heterocycles. The quantitative estimate of drug-likeness (QED) is 0.857. The molecule has 5 rings (SSSR count). The van der Waals surface area contributed by atoms with Crippen molar-refractivity contribution in [2.75, 3.05) is 0 Å². The van der Waals surface area contributed by atoms with Crippen molar-refractivity contribution in [1.29, 1.82) is 0 Å². The number of aromatic nitrogens is 2. The fraction of sp³-hybridized carbons (Fsp3) is 0.500. The normalized spacial score (nSPS) is 29.7. The molecule has 134 valence electrons. The van der Waals surface area contributed by atoms with Crippen LogP contribution in [0.1, 0.15) is 69.2 Å². The Bertz CT molecular complexity index is 920. The number of fused-ring (bicyclic) bond motifs is 2. The first-order valence-electron chi connectivity index (χ1n) is 9.64. The van der Waals surface area contributed by atoms with Crippen LogP contribution in [-0.4, -0.2) is 21.7 Å².